The Morgan fingerprint density at radius 1 is 1.05 bits per heavy atom. The lowest BCUT2D eigenvalue weighted by molar-refractivity contribution is -0.413. The Kier molecular flexibility index (Phi) is 2.47. The maximum absolute atomic E-state index is 10.5. The second-order valence-electron chi connectivity index (χ2n) is 7.29. The van der Waals surface area contributed by atoms with Gasteiger partial charge in [-0.3, -0.25) is 0 Å². The Balaban J connectivity index is 1.79. The molecule has 19 heavy (non-hydrogen) atoms. The Labute approximate surface area is 114 Å². The molecule has 0 aromatic rings. The number of aliphatic hydroxyl groups excluding tert-OH is 1. The number of aliphatic hydroxyl groups is 1. The van der Waals surface area contributed by atoms with Crippen molar-refractivity contribution in [1.29, 1.82) is 0 Å². The summed E-state index contributed by atoms with van der Waals surface area (Å²) in [6.07, 6.45) is 3.47. The zero-order valence-electron chi connectivity index (χ0n) is 11.9. The largest absolute Gasteiger partial charge is 0.367 e. The van der Waals surface area contributed by atoms with Crippen molar-refractivity contribution in [2.24, 2.45) is 22.7 Å². The highest BCUT2D eigenvalue weighted by molar-refractivity contribution is 5.21. The van der Waals surface area contributed by atoms with E-state index in [2.05, 4.69) is 13.8 Å². The summed E-state index contributed by atoms with van der Waals surface area (Å²) in [6, 6.07) is 0. The van der Waals surface area contributed by atoms with E-state index in [1.807, 2.05) is 0 Å². The normalized spacial score (nSPS) is 50.4. The maximum Gasteiger partial charge on any atom is 0.172 e. The highest BCUT2D eigenvalue weighted by Gasteiger charge is 2.77. The van der Waals surface area contributed by atoms with Crippen molar-refractivity contribution in [3.05, 3.63) is 0 Å². The number of fused-ring (bicyclic) bond motifs is 1. The van der Waals surface area contributed by atoms with E-state index in [1.54, 1.807) is 0 Å². The molecule has 1 unspecified atom stereocenters. The molecule has 4 atom stereocenters. The quantitative estimate of drug-likeness (QED) is 0.729. The molecule has 0 aromatic carbocycles. The Hall–Kier alpha value is -0.160. The lowest BCUT2D eigenvalue weighted by atomic mass is 9.33. The number of ether oxygens (including phenoxy) is 3. The van der Waals surface area contributed by atoms with Crippen LogP contribution in [0.1, 0.15) is 39.5 Å². The van der Waals surface area contributed by atoms with Crippen LogP contribution in [0.4, 0.5) is 0 Å². The van der Waals surface area contributed by atoms with Gasteiger partial charge in [0.05, 0.1) is 19.8 Å². The zero-order valence-corrected chi connectivity index (χ0v) is 11.9. The Morgan fingerprint density at radius 2 is 1.79 bits per heavy atom. The molecule has 2 saturated heterocycles. The van der Waals surface area contributed by atoms with Crippen molar-refractivity contribution >= 4 is 0 Å². The molecule has 2 saturated carbocycles. The average molecular weight is 268 g/mol. The standard InChI is InChI=1S/C15H24O4/c1-13(2)10-4-7-17-12(16)14(10)5-3-6-15(11(13)14)18-8-9-19-15/h10-12,16H,3-9H2,1-2H3/t10-,11+,12?,14+/m0/s1. The molecule has 4 nitrogen and oxygen atoms in total. The van der Waals surface area contributed by atoms with Gasteiger partial charge in [-0.25, -0.2) is 0 Å². The Morgan fingerprint density at radius 3 is 2.53 bits per heavy atom. The van der Waals surface area contributed by atoms with Crippen molar-refractivity contribution in [3.8, 4) is 0 Å². The molecule has 0 radical (unpaired) electrons. The minimum absolute atomic E-state index is 0.135. The average Bonchev–Trinajstić information content (AvgIpc) is 2.80. The fraction of sp³-hybridized carbons (Fsp3) is 1.00. The van der Waals surface area contributed by atoms with E-state index in [4.69, 9.17) is 14.2 Å². The van der Waals surface area contributed by atoms with Gasteiger partial charge in [-0.15, -0.1) is 0 Å². The van der Waals surface area contributed by atoms with Gasteiger partial charge in [0.2, 0.25) is 0 Å². The van der Waals surface area contributed by atoms with Crippen LogP contribution in [-0.2, 0) is 14.2 Å². The van der Waals surface area contributed by atoms with Crippen LogP contribution in [0.3, 0.4) is 0 Å². The lowest BCUT2D eigenvalue weighted by Gasteiger charge is -2.74. The van der Waals surface area contributed by atoms with Crippen LogP contribution in [0.2, 0.25) is 0 Å². The summed E-state index contributed by atoms with van der Waals surface area (Å²) in [5.41, 5.74) is 0.0276. The molecule has 2 aliphatic carbocycles. The smallest absolute Gasteiger partial charge is 0.172 e. The van der Waals surface area contributed by atoms with Crippen LogP contribution in [0.25, 0.3) is 0 Å². The molecule has 2 aliphatic heterocycles. The van der Waals surface area contributed by atoms with Crippen molar-refractivity contribution in [1.82, 2.24) is 0 Å². The van der Waals surface area contributed by atoms with Gasteiger partial charge in [0.1, 0.15) is 0 Å². The van der Waals surface area contributed by atoms with Crippen molar-refractivity contribution < 1.29 is 19.3 Å². The van der Waals surface area contributed by atoms with Crippen LogP contribution >= 0.6 is 0 Å². The lowest BCUT2D eigenvalue weighted by Crippen LogP contribution is -2.76. The minimum Gasteiger partial charge on any atom is -0.367 e. The molecule has 4 fully saturated rings. The molecule has 0 bridgehead atoms. The van der Waals surface area contributed by atoms with E-state index in [0.717, 1.165) is 25.7 Å². The fourth-order valence-electron chi connectivity index (χ4n) is 6.08. The molecule has 4 aliphatic rings. The molecule has 2 spiro atoms. The fourth-order valence-corrected chi connectivity index (χ4v) is 6.08. The van der Waals surface area contributed by atoms with Crippen LogP contribution in [0, 0.1) is 22.7 Å². The first kappa shape index (κ1) is 12.6. The highest BCUT2D eigenvalue weighted by atomic mass is 16.7. The van der Waals surface area contributed by atoms with Crippen LogP contribution in [-0.4, -0.2) is 37.0 Å². The third-order valence-corrected chi connectivity index (χ3v) is 6.32. The van der Waals surface area contributed by atoms with E-state index in [1.165, 1.54) is 0 Å². The number of hydrogen-bond donors (Lipinski definition) is 1. The summed E-state index contributed by atoms with van der Waals surface area (Å²) in [6.45, 7) is 6.68. The zero-order chi connectivity index (χ0) is 13.3. The first-order valence-corrected chi connectivity index (χ1v) is 7.62. The van der Waals surface area contributed by atoms with Gasteiger partial charge in [0.25, 0.3) is 0 Å². The molecule has 4 heteroatoms. The van der Waals surface area contributed by atoms with Gasteiger partial charge in [0, 0.05) is 17.8 Å². The summed E-state index contributed by atoms with van der Waals surface area (Å²) in [5.74, 6) is 0.322. The van der Waals surface area contributed by atoms with Gasteiger partial charge < -0.3 is 19.3 Å². The summed E-state index contributed by atoms with van der Waals surface area (Å²) in [7, 11) is 0. The van der Waals surface area contributed by atoms with E-state index >= 15 is 0 Å². The number of hydrogen-bond acceptors (Lipinski definition) is 4. The van der Waals surface area contributed by atoms with E-state index in [-0.39, 0.29) is 16.7 Å². The molecule has 0 amide bonds. The van der Waals surface area contributed by atoms with E-state index in [9.17, 15) is 5.11 Å². The van der Waals surface area contributed by atoms with E-state index < -0.39 is 12.1 Å². The predicted molar refractivity (Wildman–Crippen MR) is 68.3 cm³/mol. The van der Waals surface area contributed by atoms with Crippen LogP contribution in [0.15, 0.2) is 0 Å². The van der Waals surface area contributed by atoms with Crippen molar-refractivity contribution in [2.75, 3.05) is 19.8 Å². The summed E-state index contributed by atoms with van der Waals surface area (Å²) < 4.78 is 17.7. The first-order chi connectivity index (χ1) is 9.04. The molecule has 1 N–H and O–H groups in total. The second-order valence-corrected chi connectivity index (χ2v) is 7.29. The summed E-state index contributed by atoms with van der Waals surface area (Å²) in [5, 5.41) is 10.5. The predicted octanol–water partition coefficient (Wildman–Crippen LogP) is 1.91. The van der Waals surface area contributed by atoms with Gasteiger partial charge in [-0.1, -0.05) is 13.8 Å². The first-order valence-electron chi connectivity index (χ1n) is 7.62. The van der Waals surface area contributed by atoms with Gasteiger partial charge in [-0.2, -0.15) is 0 Å². The van der Waals surface area contributed by atoms with Crippen molar-refractivity contribution in [3.63, 3.8) is 0 Å². The minimum atomic E-state index is -0.644. The summed E-state index contributed by atoms with van der Waals surface area (Å²) in [4.78, 5) is 0. The molecular formula is C15H24O4. The third kappa shape index (κ3) is 1.29. The van der Waals surface area contributed by atoms with Crippen molar-refractivity contribution in [2.45, 2.75) is 51.6 Å². The second kappa shape index (κ2) is 3.73. The Bertz CT molecular complexity index is 388. The van der Waals surface area contributed by atoms with E-state index in [0.29, 0.717) is 25.7 Å². The molecule has 0 aromatic heterocycles. The molecule has 4 rings (SSSR count). The maximum atomic E-state index is 10.5. The monoisotopic (exact) mass is 268 g/mol. The number of rotatable bonds is 0. The van der Waals surface area contributed by atoms with Gasteiger partial charge in [0.15, 0.2) is 12.1 Å². The van der Waals surface area contributed by atoms with Gasteiger partial charge in [-0.05, 0) is 30.6 Å². The highest BCUT2D eigenvalue weighted by Crippen LogP contribution is 2.75. The topological polar surface area (TPSA) is 47.9 Å². The molecular weight excluding hydrogens is 244 g/mol. The summed E-state index contributed by atoms with van der Waals surface area (Å²) >= 11 is 0. The SMILES string of the molecule is CC1(C)[C@H]2C3(CCC[C@]24C(O)OCC[C@@H]14)OCCO3. The molecule has 108 valence electrons. The molecule has 2 heterocycles. The van der Waals surface area contributed by atoms with Crippen LogP contribution in [0.5, 0.6) is 0 Å². The van der Waals surface area contributed by atoms with Gasteiger partial charge >= 0.3 is 0 Å². The van der Waals surface area contributed by atoms with Crippen LogP contribution < -0.4 is 0 Å². The third-order valence-electron chi connectivity index (χ3n) is 6.32.